The van der Waals surface area contributed by atoms with E-state index in [1.165, 1.54) is 154 Å². The molecule has 0 heterocycles. The van der Waals surface area contributed by atoms with Gasteiger partial charge >= 0.3 is 5.97 Å². The molecule has 0 aliphatic carbocycles. The minimum absolute atomic E-state index is 0.345. The fourth-order valence-corrected chi connectivity index (χ4v) is 4.60. The summed E-state index contributed by atoms with van der Waals surface area (Å²) in [5.41, 5.74) is 0. The average molecular weight is 545 g/mol. The summed E-state index contributed by atoms with van der Waals surface area (Å²) < 4.78 is 4.25. The van der Waals surface area contributed by atoms with Crippen LogP contribution in [0.15, 0.2) is 0 Å². The molecular formula is C34H72O4. The van der Waals surface area contributed by atoms with Gasteiger partial charge in [-0.3, -0.25) is 4.79 Å². The molecule has 4 heteroatoms. The van der Waals surface area contributed by atoms with Crippen molar-refractivity contribution in [3.63, 3.8) is 0 Å². The third-order valence-corrected chi connectivity index (χ3v) is 7.01. The number of unbranched alkanes of at least 4 members (excludes halogenated alkanes) is 25. The fourth-order valence-electron chi connectivity index (χ4n) is 4.60. The summed E-state index contributed by atoms with van der Waals surface area (Å²) in [4.78, 5) is 10.3. The third-order valence-electron chi connectivity index (χ3n) is 7.01. The highest BCUT2D eigenvalue weighted by Crippen LogP contribution is 2.14. The lowest BCUT2D eigenvalue weighted by molar-refractivity contribution is -0.137. The van der Waals surface area contributed by atoms with Gasteiger partial charge in [0.05, 0.1) is 0 Å². The van der Waals surface area contributed by atoms with Crippen LogP contribution in [-0.2, 0) is 9.53 Å². The van der Waals surface area contributed by atoms with Crippen molar-refractivity contribution in [1.29, 1.82) is 0 Å². The Morgan fingerprint density at radius 2 is 0.658 bits per heavy atom. The lowest BCUT2D eigenvalue weighted by Gasteiger charge is -2.02. The van der Waals surface area contributed by atoms with E-state index in [4.69, 9.17) is 10.2 Å². The molecule has 0 aromatic rings. The van der Waals surface area contributed by atoms with Crippen LogP contribution in [0, 0.1) is 0 Å². The lowest BCUT2D eigenvalue weighted by Crippen LogP contribution is -1.93. The van der Waals surface area contributed by atoms with Gasteiger partial charge < -0.3 is 14.9 Å². The van der Waals surface area contributed by atoms with Crippen molar-refractivity contribution in [3.05, 3.63) is 0 Å². The zero-order chi connectivity index (χ0) is 28.8. The second-order valence-electron chi connectivity index (χ2n) is 11.1. The first-order valence-electron chi connectivity index (χ1n) is 16.8. The van der Waals surface area contributed by atoms with Crippen LogP contribution >= 0.6 is 0 Å². The van der Waals surface area contributed by atoms with Gasteiger partial charge in [0.25, 0.3) is 0 Å². The van der Waals surface area contributed by atoms with Gasteiger partial charge in [-0.2, -0.15) is 0 Å². The molecule has 0 unspecified atom stereocenters. The van der Waals surface area contributed by atoms with Crippen molar-refractivity contribution in [2.45, 2.75) is 194 Å². The Balaban J connectivity index is -0.000000584. The Morgan fingerprint density at radius 3 is 0.868 bits per heavy atom. The molecule has 0 bridgehead atoms. The van der Waals surface area contributed by atoms with Crippen LogP contribution in [0.2, 0.25) is 0 Å². The van der Waals surface area contributed by atoms with Gasteiger partial charge in [-0.25, -0.2) is 0 Å². The number of rotatable bonds is 28. The summed E-state index contributed by atoms with van der Waals surface area (Å²) in [5, 5.41) is 17.1. The van der Waals surface area contributed by atoms with Crippen molar-refractivity contribution < 1.29 is 19.7 Å². The van der Waals surface area contributed by atoms with Crippen LogP contribution in [0.5, 0.6) is 0 Å². The number of hydrogen-bond acceptors (Lipinski definition) is 3. The van der Waals surface area contributed by atoms with Gasteiger partial charge in [-0.15, -0.1) is 0 Å². The van der Waals surface area contributed by atoms with Gasteiger partial charge in [0, 0.05) is 27.2 Å². The monoisotopic (exact) mass is 545 g/mol. The highest BCUT2D eigenvalue weighted by atomic mass is 16.4. The van der Waals surface area contributed by atoms with Crippen molar-refractivity contribution in [1.82, 2.24) is 0 Å². The van der Waals surface area contributed by atoms with E-state index >= 15 is 0 Å². The second-order valence-corrected chi connectivity index (χ2v) is 11.1. The summed E-state index contributed by atoms with van der Waals surface area (Å²) in [6.45, 7) is 4.91. The smallest absolute Gasteiger partial charge is 0.303 e. The van der Waals surface area contributed by atoms with Gasteiger partial charge in [-0.1, -0.05) is 174 Å². The molecule has 0 saturated carbocycles. The summed E-state index contributed by atoms with van der Waals surface area (Å²) >= 11 is 0. The predicted molar refractivity (Wildman–Crippen MR) is 168 cm³/mol. The Labute approximate surface area is 240 Å². The lowest BCUT2D eigenvalue weighted by atomic mass is 10.0. The normalized spacial score (nSPS) is 10.4. The van der Waals surface area contributed by atoms with E-state index in [9.17, 15) is 4.79 Å². The van der Waals surface area contributed by atoms with E-state index in [2.05, 4.69) is 18.6 Å². The van der Waals surface area contributed by atoms with Crippen molar-refractivity contribution >= 4 is 5.97 Å². The summed E-state index contributed by atoms with van der Waals surface area (Å²) in [6.07, 6.45) is 36.5. The van der Waals surface area contributed by atoms with Crippen LogP contribution in [0.25, 0.3) is 0 Å². The average Bonchev–Trinajstić information content (AvgIpc) is 2.90. The molecule has 38 heavy (non-hydrogen) atoms. The maximum Gasteiger partial charge on any atom is 0.303 e. The van der Waals surface area contributed by atoms with Crippen LogP contribution in [0.3, 0.4) is 0 Å². The number of methoxy groups -OCH3 is 1. The molecule has 2 N–H and O–H groups in total. The molecule has 0 atom stereocenters. The minimum Gasteiger partial charge on any atom is -0.481 e. The molecular weight excluding hydrogens is 472 g/mol. The summed E-state index contributed by atoms with van der Waals surface area (Å²) in [7, 11) is 3.25. The first kappa shape index (κ1) is 41.9. The van der Waals surface area contributed by atoms with E-state index in [-0.39, 0.29) is 0 Å². The molecule has 0 aliphatic rings. The molecule has 0 rings (SSSR count). The predicted octanol–water partition coefficient (Wildman–Crippen LogP) is 11.3. The van der Waals surface area contributed by atoms with E-state index in [0.29, 0.717) is 13.0 Å². The zero-order valence-electron chi connectivity index (χ0n) is 26.7. The Morgan fingerprint density at radius 1 is 0.447 bits per heavy atom. The first-order valence-corrected chi connectivity index (χ1v) is 16.8. The Kier molecular flexibility index (Phi) is 47.9. The van der Waals surface area contributed by atoms with Crippen LogP contribution in [-0.4, -0.2) is 37.0 Å². The molecule has 0 aromatic heterocycles. The molecule has 0 spiro atoms. The maximum atomic E-state index is 10.3. The largest absolute Gasteiger partial charge is 0.481 e. The molecule has 0 amide bonds. The van der Waals surface area contributed by atoms with E-state index in [0.717, 1.165) is 19.3 Å². The van der Waals surface area contributed by atoms with Gasteiger partial charge in [0.2, 0.25) is 0 Å². The molecule has 0 fully saturated rings. The molecule has 0 aliphatic heterocycles. The van der Waals surface area contributed by atoms with Crippen molar-refractivity contribution in [2.24, 2.45) is 0 Å². The fraction of sp³-hybridized carbons (Fsp3) is 0.971. The first-order chi connectivity index (χ1) is 18.6. The number of aliphatic carboxylic acids is 1. The minimum atomic E-state index is -0.655. The topological polar surface area (TPSA) is 66.8 Å². The van der Waals surface area contributed by atoms with Crippen molar-refractivity contribution in [3.8, 4) is 0 Å². The zero-order valence-corrected chi connectivity index (χ0v) is 26.7. The highest BCUT2D eigenvalue weighted by molar-refractivity contribution is 5.66. The van der Waals surface area contributed by atoms with Crippen LogP contribution in [0.4, 0.5) is 0 Å². The van der Waals surface area contributed by atoms with Gasteiger partial charge in [0.1, 0.15) is 0 Å². The van der Waals surface area contributed by atoms with Crippen LogP contribution in [0.1, 0.15) is 194 Å². The number of aliphatic hydroxyl groups is 1. The molecule has 0 saturated heterocycles. The van der Waals surface area contributed by atoms with Crippen LogP contribution < -0.4 is 0 Å². The summed E-state index contributed by atoms with van der Waals surface area (Å²) in [6, 6.07) is 0. The number of aliphatic hydroxyl groups excluding tert-OH is 1. The SMILES string of the molecule is CCCCCCCCCCCCCCCC(=O)O.CCCCCCCCCCCCCCCCO.COC. The maximum absolute atomic E-state index is 10.3. The molecule has 0 radical (unpaired) electrons. The number of carboxylic acids is 1. The molecule has 0 aromatic carbocycles. The van der Waals surface area contributed by atoms with E-state index in [1.807, 2.05) is 0 Å². The third kappa shape index (κ3) is 51.9. The standard InChI is InChI=1S/C16H32O2.C16H34O.C2H6O/c1-2-3-4-5-6-7-8-9-10-11-12-13-14-15-16(17)18;1-2-3-4-5-6-7-8-9-10-11-12-13-14-15-16-17;1-3-2/h2-15H2,1H3,(H,17,18);17H,2-16H2,1H3;1-2H3. The number of hydrogen-bond donors (Lipinski definition) is 2. The Bertz CT molecular complexity index is 373. The number of carbonyl (C=O) groups is 1. The Hall–Kier alpha value is -0.610. The van der Waals surface area contributed by atoms with Gasteiger partial charge in [0.15, 0.2) is 0 Å². The number of ether oxygens (including phenoxy) is 1. The number of carboxylic acid groups (broad SMARTS) is 1. The summed E-state index contributed by atoms with van der Waals surface area (Å²) in [5.74, 6) is -0.655. The quantitative estimate of drug-likeness (QED) is 0.0961. The van der Waals surface area contributed by atoms with E-state index < -0.39 is 5.97 Å². The van der Waals surface area contributed by atoms with E-state index in [1.54, 1.807) is 14.2 Å². The van der Waals surface area contributed by atoms with Crippen molar-refractivity contribution in [2.75, 3.05) is 20.8 Å². The molecule has 4 nitrogen and oxygen atoms in total. The highest BCUT2D eigenvalue weighted by Gasteiger charge is 1.97. The second kappa shape index (κ2) is 43.4. The molecule has 232 valence electrons. The van der Waals surface area contributed by atoms with Gasteiger partial charge in [-0.05, 0) is 12.8 Å².